The number of hydrogen-bond donors (Lipinski definition) is 2. The number of urea groups is 1. The third-order valence-electron chi connectivity index (χ3n) is 6.26. The molecule has 1 saturated heterocycles. The van der Waals surface area contributed by atoms with Gasteiger partial charge >= 0.3 is 6.03 Å². The second-order valence-corrected chi connectivity index (χ2v) is 8.43. The fourth-order valence-corrected chi connectivity index (χ4v) is 4.47. The van der Waals surface area contributed by atoms with Gasteiger partial charge in [0.15, 0.2) is 5.76 Å². The summed E-state index contributed by atoms with van der Waals surface area (Å²) in [4.78, 5) is 17.7. The number of rotatable bonds is 4. The Balaban J connectivity index is 1.20. The molecule has 2 amide bonds. The van der Waals surface area contributed by atoms with Gasteiger partial charge in [-0.25, -0.2) is 9.78 Å². The number of aliphatic hydroxyl groups excluding tert-OH is 1. The topological polar surface area (TPSA) is 96.4 Å². The lowest BCUT2D eigenvalue weighted by atomic mass is 10.1. The lowest BCUT2D eigenvalue weighted by Crippen LogP contribution is -2.38. The maximum Gasteiger partial charge on any atom is 0.317 e. The molecule has 5 rings (SSSR count). The first kappa shape index (κ1) is 20.3. The molecule has 1 aliphatic carbocycles. The second kappa shape index (κ2) is 8.17. The van der Waals surface area contributed by atoms with Crippen LogP contribution in [0.25, 0.3) is 11.3 Å². The summed E-state index contributed by atoms with van der Waals surface area (Å²) in [5.74, 6) is 9.35. The third kappa shape index (κ3) is 3.87. The molecule has 1 aromatic carbocycles. The predicted molar refractivity (Wildman–Crippen MR) is 117 cm³/mol. The fourth-order valence-electron chi connectivity index (χ4n) is 4.47. The SMILES string of the molecule is CNC(=O)N1C[C@@H]2[C@H](C#Cc3ccc(-c4cc(Cn5ccnc5[C@H](C)O)no4)cc3)[C@@H]2C1. The van der Waals surface area contributed by atoms with Crippen molar-refractivity contribution in [3.8, 4) is 23.2 Å². The number of likely N-dealkylation sites (tertiary alicyclic amines) is 1. The quantitative estimate of drug-likeness (QED) is 0.619. The Labute approximate surface area is 186 Å². The number of nitrogens with one attached hydrogen (secondary N) is 1. The van der Waals surface area contributed by atoms with E-state index in [1.165, 1.54) is 0 Å². The van der Waals surface area contributed by atoms with Crippen LogP contribution in [0.15, 0.2) is 47.2 Å². The third-order valence-corrected chi connectivity index (χ3v) is 6.26. The highest BCUT2D eigenvalue weighted by molar-refractivity contribution is 5.74. The van der Waals surface area contributed by atoms with Gasteiger partial charge in [-0.15, -0.1) is 0 Å². The van der Waals surface area contributed by atoms with Crippen LogP contribution in [0.5, 0.6) is 0 Å². The highest BCUT2D eigenvalue weighted by Gasteiger charge is 2.56. The zero-order chi connectivity index (χ0) is 22.2. The number of amides is 2. The number of hydrogen-bond acceptors (Lipinski definition) is 5. The van der Waals surface area contributed by atoms with Crippen molar-refractivity contribution in [3.63, 3.8) is 0 Å². The number of aromatic nitrogens is 3. The van der Waals surface area contributed by atoms with E-state index in [1.807, 2.05) is 46.0 Å². The van der Waals surface area contributed by atoms with E-state index in [1.54, 1.807) is 20.2 Å². The van der Waals surface area contributed by atoms with Crippen molar-refractivity contribution in [1.29, 1.82) is 0 Å². The Hall–Kier alpha value is -3.57. The average molecular weight is 431 g/mol. The Bertz CT molecular complexity index is 1170. The normalized spacial score (nSPS) is 22.1. The van der Waals surface area contributed by atoms with Gasteiger partial charge in [-0.3, -0.25) is 0 Å². The molecule has 2 N–H and O–H groups in total. The molecule has 1 aliphatic heterocycles. The minimum Gasteiger partial charge on any atom is -0.385 e. The zero-order valence-corrected chi connectivity index (χ0v) is 18.0. The van der Waals surface area contributed by atoms with E-state index < -0.39 is 6.10 Å². The van der Waals surface area contributed by atoms with Gasteiger partial charge in [0, 0.05) is 55.6 Å². The van der Waals surface area contributed by atoms with E-state index in [9.17, 15) is 9.90 Å². The Morgan fingerprint density at radius 1 is 1.31 bits per heavy atom. The summed E-state index contributed by atoms with van der Waals surface area (Å²) >= 11 is 0. The van der Waals surface area contributed by atoms with Crippen LogP contribution in [0.3, 0.4) is 0 Å². The summed E-state index contributed by atoms with van der Waals surface area (Å²) in [5.41, 5.74) is 2.65. The highest BCUT2D eigenvalue weighted by Crippen LogP contribution is 2.51. The molecule has 32 heavy (non-hydrogen) atoms. The summed E-state index contributed by atoms with van der Waals surface area (Å²) in [5, 5.41) is 16.6. The summed E-state index contributed by atoms with van der Waals surface area (Å²) < 4.78 is 7.37. The van der Waals surface area contributed by atoms with Gasteiger partial charge in [-0.2, -0.15) is 0 Å². The summed E-state index contributed by atoms with van der Waals surface area (Å²) in [7, 11) is 1.67. The molecule has 3 aromatic rings. The van der Waals surface area contributed by atoms with Crippen LogP contribution in [-0.4, -0.2) is 50.9 Å². The van der Waals surface area contributed by atoms with Crippen molar-refractivity contribution >= 4 is 6.03 Å². The van der Waals surface area contributed by atoms with Crippen molar-refractivity contribution in [3.05, 3.63) is 59.8 Å². The fraction of sp³-hybridized carbons (Fsp3) is 0.375. The Kier molecular flexibility index (Phi) is 5.19. The molecule has 2 fully saturated rings. The maximum absolute atomic E-state index is 11.7. The number of piperidine rings is 1. The molecule has 8 heteroatoms. The first-order valence-corrected chi connectivity index (χ1v) is 10.8. The number of nitrogens with zero attached hydrogens (tertiary/aromatic N) is 4. The standard InChI is InChI=1S/C24H25N5O3/c1-15(30)23-26-9-10-28(23)12-18-11-22(32-27-18)17-6-3-16(4-7-17)5-8-19-20-13-29(14-21(19)20)24(31)25-2/h3-4,6-7,9-11,15,19-21,30H,12-14H2,1-2H3,(H,25,31)/t15-,19-,20+,21-/m0/s1. The molecule has 0 bridgehead atoms. The largest absolute Gasteiger partial charge is 0.385 e. The Morgan fingerprint density at radius 2 is 2.06 bits per heavy atom. The van der Waals surface area contributed by atoms with Crippen LogP contribution >= 0.6 is 0 Å². The van der Waals surface area contributed by atoms with Crippen LogP contribution in [0.2, 0.25) is 0 Å². The van der Waals surface area contributed by atoms with E-state index in [2.05, 4.69) is 27.3 Å². The van der Waals surface area contributed by atoms with E-state index in [0.717, 1.165) is 29.9 Å². The lowest BCUT2D eigenvalue weighted by molar-refractivity contribution is 0.184. The average Bonchev–Trinajstić information content (AvgIpc) is 3.29. The second-order valence-electron chi connectivity index (χ2n) is 8.43. The van der Waals surface area contributed by atoms with Gasteiger partial charge in [0.05, 0.1) is 6.54 Å². The highest BCUT2D eigenvalue weighted by atomic mass is 16.5. The lowest BCUT2D eigenvalue weighted by Gasteiger charge is -2.17. The van der Waals surface area contributed by atoms with Gasteiger partial charge in [-0.1, -0.05) is 17.0 Å². The maximum atomic E-state index is 11.7. The molecular formula is C24H25N5O3. The van der Waals surface area contributed by atoms with Crippen LogP contribution in [0.1, 0.15) is 30.1 Å². The minimum atomic E-state index is -0.644. The molecule has 0 spiro atoms. The van der Waals surface area contributed by atoms with Crippen LogP contribution in [-0.2, 0) is 6.54 Å². The van der Waals surface area contributed by atoms with Gasteiger partial charge in [0.2, 0.25) is 0 Å². The zero-order valence-electron chi connectivity index (χ0n) is 18.0. The van der Waals surface area contributed by atoms with Gasteiger partial charge < -0.3 is 24.4 Å². The van der Waals surface area contributed by atoms with Crippen LogP contribution in [0.4, 0.5) is 4.79 Å². The molecule has 3 heterocycles. The number of benzene rings is 1. The molecule has 8 nitrogen and oxygen atoms in total. The van der Waals surface area contributed by atoms with Crippen molar-refractivity contribution < 1.29 is 14.4 Å². The number of carbonyl (C=O) groups is 1. The first-order valence-electron chi connectivity index (χ1n) is 10.8. The van der Waals surface area contributed by atoms with Gasteiger partial charge in [-0.05, 0) is 43.0 Å². The smallest absolute Gasteiger partial charge is 0.317 e. The summed E-state index contributed by atoms with van der Waals surface area (Å²) in [6.45, 7) is 3.77. The molecule has 2 aromatic heterocycles. The van der Waals surface area contributed by atoms with Crippen LogP contribution in [0, 0.1) is 29.6 Å². The molecule has 0 radical (unpaired) electrons. The summed E-state index contributed by atoms with van der Waals surface area (Å²) in [6, 6.07) is 9.84. The van der Waals surface area contributed by atoms with E-state index >= 15 is 0 Å². The molecule has 2 aliphatic rings. The predicted octanol–water partition coefficient (Wildman–Crippen LogP) is 2.51. The van der Waals surface area contributed by atoms with Crippen molar-refractivity contribution in [2.75, 3.05) is 20.1 Å². The summed E-state index contributed by atoms with van der Waals surface area (Å²) in [6.07, 6.45) is 2.83. The van der Waals surface area contributed by atoms with Gasteiger partial charge in [0.25, 0.3) is 0 Å². The number of carbonyl (C=O) groups excluding carboxylic acids is 1. The Morgan fingerprint density at radius 3 is 2.75 bits per heavy atom. The first-order chi connectivity index (χ1) is 15.5. The van der Waals surface area contributed by atoms with E-state index in [-0.39, 0.29) is 6.03 Å². The number of imidazole rings is 1. The van der Waals surface area contributed by atoms with E-state index in [4.69, 9.17) is 4.52 Å². The van der Waals surface area contributed by atoms with Crippen molar-refractivity contribution in [2.45, 2.75) is 19.6 Å². The monoisotopic (exact) mass is 431 g/mol. The van der Waals surface area contributed by atoms with Crippen molar-refractivity contribution in [2.24, 2.45) is 17.8 Å². The van der Waals surface area contributed by atoms with Gasteiger partial charge in [0.1, 0.15) is 17.6 Å². The van der Waals surface area contributed by atoms with E-state index in [0.29, 0.717) is 35.9 Å². The number of aliphatic hydroxyl groups is 1. The van der Waals surface area contributed by atoms with Crippen molar-refractivity contribution in [1.82, 2.24) is 24.9 Å². The number of fused-ring (bicyclic) bond motifs is 1. The minimum absolute atomic E-state index is 0.00323. The molecule has 164 valence electrons. The molecule has 1 saturated carbocycles. The molecule has 0 unspecified atom stereocenters. The molecule has 4 atom stereocenters. The molecular weight excluding hydrogens is 406 g/mol. The van der Waals surface area contributed by atoms with Crippen LogP contribution < -0.4 is 5.32 Å².